The summed E-state index contributed by atoms with van der Waals surface area (Å²) in [5.41, 5.74) is -0.132. The molecule has 8 heteroatoms. The maximum Gasteiger partial charge on any atom is 0.342 e. The standard InChI is InChI=1S/C17H17NO6S/c1-10(19)18-7-6-12-3-5-16(25-12)15(22)9-24-17(23)13-4-2-11(20)8-14(13)21/h2-5,8,20-21H,6-7,9H2,1H3,(H,18,19). The van der Waals surface area contributed by atoms with Crippen molar-refractivity contribution in [2.24, 2.45) is 0 Å². The fourth-order valence-corrected chi connectivity index (χ4v) is 2.93. The van der Waals surface area contributed by atoms with Gasteiger partial charge in [-0.15, -0.1) is 11.3 Å². The number of rotatable bonds is 7. The molecule has 1 amide bonds. The predicted molar refractivity (Wildman–Crippen MR) is 91.1 cm³/mol. The number of phenolic OH excluding ortho intramolecular Hbond substituents is 2. The quantitative estimate of drug-likeness (QED) is 0.511. The van der Waals surface area contributed by atoms with Crippen LogP contribution in [0.1, 0.15) is 31.8 Å². The Balaban J connectivity index is 1.88. The third-order valence-corrected chi connectivity index (χ3v) is 4.40. The number of hydrogen-bond acceptors (Lipinski definition) is 7. The van der Waals surface area contributed by atoms with Gasteiger partial charge in [0, 0.05) is 24.4 Å². The molecule has 1 heterocycles. The van der Waals surface area contributed by atoms with Crippen LogP contribution in [0.4, 0.5) is 0 Å². The highest BCUT2D eigenvalue weighted by molar-refractivity contribution is 7.14. The van der Waals surface area contributed by atoms with Gasteiger partial charge in [-0.1, -0.05) is 0 Å². The van der Waals surface area contributed by atoms with Gasteiger partial charge >= 0.3 is 5.97 Å². The third kappa shape index (κ3) is 5.32. The normalized spacial score (nSPS) is 10.3. The minimum Gasteiger partial charge on any atom is -0.508 e. The van der Waals surface area contributed by atoms with Gasteiger partial charge in [-0.3, -0.25) is 9.59 Å². The van der Waals surface area contributed by atoms with Crippen LogP contribution < -0.4 is 5.32 Å². The molecular formula is C17H17NO6S. The Kier molecular flexibility index (Phi) is 6.13. The van der Waals surface area contributed by atoms with Crippen molar-refractivity contribution in [1.29, 1.82) is 0 Å². The number of nitrogens with one attached hydrogen (secondary N) is 1. The number of thiophene rings is 1. The Morgan fingerprint density at radius 3 is 2.60 bits per heavy atom. The fourth-order valence-electron chi connectivity index (χ4n) is 2.00. The van der Waals surface area contributed by atoms with Crippen molar-refractivity contribution < 1.29 is 29.3 Å². The number of carbonyl (C=O) groups is 3. The summed E-state index contributed by atoms with van der Waals surface area (Å²) in [6, 6.07) is 6.88. The van der Waals surface area contributed by atoms with Gasteiger partial charge in [0.1, 0.15) is 17.1 Å². The summed E-state index contributed by atoms with van der Waals surface area (Å²) in [5.74, 6) is -1.93. The van der Waals surface area contributed by atoms with E-state index in [1.807, 2.05) is 0 Å². The van der Waals surface area contributed by atoms with Crippen molar-refractivity contribution in [3.8, 4) is 11.5 Å². The summed E-state index contributed by atoms with van der Waals surface area (Å²) in [4.78, 5) is 36.1. The molecule has 0 fully saturated rings. The van der Waals surface area contributed by atoms with E-state index in [9.17, 15) is 24.6 Å². The highest BCUT2D eigenvalue weighted by Crippen LogP contribution is 2.23. The lowest BCUT2D eigenvalue weighted by atomic mass is 10.2. The highest BCUT2D eigenvalue weighted by Gasteiger charge is 2.16. The van der Waals surface area contributed by atoms with Gasteiger partial charge in [0.05, 0.1) is 4.88 Å². The molecular weight excluding hydrogens is 346 g/mol. The number of carbonyl (C=O) groups excluding carboxylic acids is 3. The second-order valence-corrected chi connectivity index (χ2v) is 6.37. The lowest BCUT2D eigenvalue weighted by molar-refractivity contribution is -0.118. The Labute approximate surface area is 147 Å². The first-order chi connectivity index (χ1) is 11.9. The number of phenols is 2. The Hall–Kier alpha value is -2.87. The SMILES string of the molecule is CC(=O)NCCc1ccc(C(=O)COC(=O)c2ccc(O)cc2O)s1. The molecule has 3 N–H and O–H groups in total. The van der Waals surface area contributed by atoms with Crippen molar-refractivity contribution >= 4 is 29.0 Å². The number of benzene rings is 1. The average Bonchev–Trinajstić information content (AvgIpc) is 3.01. The summed E-state index contributed by atoms with van der Waals surface area (Å²) >= 11 is 1.27. The van der Waals surface area contributed by atoms with Crippen LogP contribution in [0.15, 0.2) is 30.3 Å². The van der Waals surface area contributed by atoms with E-state index >= 15 is 0 Å². The van der Waals surface area contributed by atoms with Crippen molar-refractivity contribution in [2.45, 2.75) is 13.3 Å². The number of amides is 1. The van der Waals surface area contributed by atoms with Gasteiger partial charge in [0.25, 0.3) is 0 Å². The van der Waals surface area contributed by atoms with Crippen LogP contribution in [0.3, 0.4) is 0 Å². The van der Waals surface area contributed by atoms with Gasteiger partial charge in [-0.05, 0) is 30.7 Å². The monoisotopic (exact) mass is 363 g/mol. The van der Waals surface area contributed by atoms with Crippen LogP contribution in [-0.2, 0) is 16.0 Å². The molecule has 0 aliphatic rings. The molecule has 132 valence electrons. The third-order valence-electron chi connectivity index (χ3n) is 3.22. The van der Waals surface area contributed by atoms with E-state index in [0.29, 0.717) is 17.8 Å². The maximum atomic E-state index is 12.1. The molecule has 2 aromatic rings. The topological polar surface area (TPSA) is 113 Å². The first-order valence-corrected chi connectivity index (χ1v) is 8.24. The number of ketones is 1. The van der Waals surface area contributed by atoms with E-state index in [-0.39, 0.29) is 23.0 Å². The molecule has 0 saturated heterocycles. The zero-order valence-electron chi connectivity index (χ0n) is 13.4. The number of hydrogen-bond donors (Lipinski definition) is 3. The molecule has 0 saturated carbocycles. The van der Waals surface area contributed by atoms with Crippen molar-refractivity contribution in [2.75, 3.05) is 13.2 Å². The van der Waals surface area contributed by atoms with E-state index in [0.717, 1.165) is 10.9 Å². The molecule has 0 aliphatic carbocycles. The summed E-state index contributed by atoms with van der Waals surface area (Å²) in [6.45, 7) is 1.47. The molecule has 0 spiro atoms. The Bertz CT molecular complexity index is 798. The minimum absolute atomic E-state index is 0.114. The molecule has 0 radical (unpaired) electrons. The molecule has 7 nitrogen and oxygen atoms in total. The second-order valence-electron chi connectivity index (χ2n) is 5.20. The highest BCUT2D eigenvalue weighted by atomic mass is 32.1. The van der Waals surface area contributed by atoms with E-state index in [1.54, 1.807) is 12.1 Å². The molecule has 2 rings (SSSR count). The molecule has 0 unspecified atom stereocenters. The average molecular weight is 363 g/mol. The molecule has 0 atom stereocenters. The largest absolute Gasteiger partial charge is 0.508 e. The van der Waals surface area contributed by atoms with Gasteiger partial charge in [-0.2, -0.15) is 0 Å². The smallest absolute Gasteiger partial charge is 0.342 e. The summed E-state index contributed by atoms with van der Waals surface area (Å²) in [5, 5.41) is 21.5. The van der Waals surface area contributed by atoms with E-state index < -0.39 is 18.3 Å². The van der Waals surface area contributed by atoms with Crippen molar-refractivity contribution in [3.63, 3.8) is 0 Å². The number of Topliss-reactive ketones (excluding diaryl/α,β-unsaturated/α-hetero) is 1. The predicted octanol–water partition coefficient (Wildman–Crippen LogP) is 1.88. The zero-order valence-corrected chi connectivity index (χ0v) is 14.3. The fraction of sp³-hybridized carbons (Fsp3) is 0.235. The van der Waals surface area contributed by atoms with Crippen LogP contribution in [0.5, 0.6) is 11.5 Å². The first-order valence-electron chi connectivity index (χ1n) is 7.42. The van der Waals surface area contributed by atoms with Crippen LogP contribution in [0.2, 0.25) is 0 Å². The summed E-state index contributed by atoms with van der Waals surface area (Å²) < 4.78 is 4.91. The van der Waals surface area contributed by atoms with Crippen molar-refractivity contribution in [1.82, 2.24) is 5.32 Å². The Morgan fingerprint density at radius 1 is 1.16 bits per heavy atom. The maximum absolute atomic E-state index is 12.1. The summed E-state index contributed by atoms with van der Waals surface area (Å²) in [6.07, 6.45) is 0.610. The van der Waals surface area contributed by atoms with Crippen LogP contribution in [0.25, 0.3) is 0 Å². The van der Waals surface area contributed by atoms with E-state index in [1.165, 1.54) is 30.4 Å². The Morgan fingerprint density at radius 2 is 1.92 bits per heavy atom. The molecule has 0 aliphatic heterocycles. The van der Waals surface area contributed by atoms with Crippen LogP contribution in [-0.4, -0.2) is 41.0 Å². The van der Waals surface area contributed by atoms with Crippen LogP contribution in [0, 0.1) is 0 Å². The van der Waals surface area contributed by atoms with E-state index in [2.05, 4.69) is 5.32 Å². The molecule has 1 aromatic heterocycles. The number of aromatic hydroxyl groups is 2. The zero-order chi connectivity index (χ0) is 18.4. The van der Waals surface area contributed by atoms with Gasteiger partial charge < -0.3 is 20.3 Å². The number of esters is 1. The molecule has 0 bridgehead atoms. The van der Waals surface area contributed by atoms with Gasteiger partial charge in [0.15, 0.2) is 6.61 Å². The minimum atomic E-state index is -0.853. The van der Waals surface area contributed by atoms with Gasteiger partial charge in [-0.25, -0.2) is 4.79 Å². The first kappa shape index (κ1) is 18.5. The van der Waals surface area contributed by atoms with Crippen molar-refractivity contribution in [3.05, 3.63) is 45.6 Å². The molecule has 1 aromatic carbocycles. The van der Waals surface area contributed by atoms with Gasteiger partial charge in [0.2, 0.25) is 11.7 Å². The second kappa shape index (κ2) is 8.29. The number of ether oxygens (including phenoxy) is 1. The summed E-state index contributed by atoms with van der Waals surface area (Å²) in [7, 11) is 0. The van der Waals surface area contributed by atoms with Crippen LogP contribution >= 0.6 is 11.3 Å². The molecule has 25 heavy (non-hydrogen) atoms. The lowest BCUT2D eigenvalue weighted by Crippen LogP contribution is -2.22. The lowest BCUT2D eigenvalue weighted by Gasteiger charge is -2.05. The van der Waals surface area contributed by atoms with E-state index in [4.69, 9.17) is 4.74 Å².